The van der Waals surface area contributed by atoms with Crippen LogP contribution in [0.3, 0.4) is 0 Å². The zero-order valence-electron chi connectivity index (χ0n) is 15.3. The summed E-state index contributed by atoms with van der Waals surface area (Å²) in [6, 6.07) is 2.16. The highest BCUT2D eigenvalue weighted by atomic mass is 16.5. The van der Waals surface area contributed by atoms with Crippen molar-refractivity contribution < 1.29 is 19.4 Å². The smallest absolute Gasteiger partial charge is 0.316 e. The van der Waals surface area contributed by atoms with E-state index >= 15 is 0 Å². The summed E-state index contributed by atoms with van der Waals surface area (Å²) in [5, 5.41) is 10.9. The van der Waals surface area contributed by atoms with Crippen molar-refractivity contribution in [1.82, 2.24) is 19.8 Å². The van der Waals surface area contributed by atoms with Gasteiger partial charge in [-0.25, -0.2) is 9.97 Å². The van der Waals surface area contributed by atoms with E-state index in [1.807, 2.05) is 0 Å². The van der Waals surface area contributed by atoms with Crippen molar-refractivity contribution >= 4 is 5.91 Å². The van der Waals surface area contributed by atoms with Crippen molar-refractivity contribution in [2.45, 2.75) is 37.4 Å². The molecule has 1 atom stereocenters. The van der Waals surface area contributed by atoms with Crippen molar-refractivity contribution in [3.63, 3.8) is 0 Å². The van der Waals surface area contributed by atoms with E-state index in [0.717, 1.165) is 32.4 Å². The van der Waals surface area contributed by atoms with Crippen LogP contribution in [-0.4, -0.2) is 88.9 Å². The molecule has 2 aliphatic heterocycles. The van der Waals surface area contributed by atoms with E-state index in [1.165, 1.54) is 0 Å². The summed E-state index contributed by atoms with van der Waals surface area (Å²) in [6.07, 6.45) is 6.39. The number of β-amino-alcohol motifs (C(OH)–C–C–N with tert-alkyl or cyclic N) is 1. The van der Waals surface area contributed by atoms with E-state index in [-0.39, 0.29) is 12.0 Å². The number of carbonyl (C=O) groups excluding carboxylic acids is 1. The highest BCUT2D eigenvalue weighted by Gasteiger charge is 2.43. The molecule has 26 heavy (non-hydrogen) atoms. The van der Waals surface area contributed by atoms with E-state index in [1.54, 1.807) is 30.5 Å². The number of rotatable bonds is 7. The summed E-state index contributed by atoms with van der Waals surface area (Å²) in [7, 11) is 1.62. The van der Waals surface area contributed by atoms with E-state index in [0.29, 0.717) is 38.7 Å². The molecule has 8 heteroatoms. The lowest BCUT2D eigenvalue weighted by Crippen LogP contribution is -2.59. The Hall–Kier alpha value is -1.77. The average Bonchev–Trinajstić information content (AvgIpc) is 2.66. The predicted molar refractivity (Wildman–Crippen MR) is 94.8 cm³/mol. The van der Waals surface area contributed by atoms with E-state index < -0.39 is 5.60 Å². The second-order valence-corrected chi connectivity index (χ2v) is 7.04. The molecule has 0 bridgehead atoms. The lowest BCUT2D eigenvalue weighted by molar-refractivity contribution is -0.160. The molecule has 1 N–H and O–H groups in total. The van der Waals surface area contributed by atoms with Crippen LogP contribution in [0, 0.1) is 0 Å². The number of nitrogens with zero attached hydrogens (tertiary/aromatic N) is 4. The number of piperidine rings is 2. The second-order valence-electron chi connectivity index (χ2n) is 7.04. The molecule has 3 rings (SSSR count). The van der Waals surface area contributed by atoms with Gasteiger partial charge in [-0.15, -0.1) is 0 Å². The Kier molecular flexibility index (Phi) is 6.39. The molecule has 2 fully saturated rings. The van der Waals surface area contributed by atoms with Gasteiger partial charge < -0.3 is 19.5 Å². The molecule has 0 unspecified atom stereocenters. The average molecular weight is 364 g/mol. The van der Waals surface area contributed by atoms with Crippen molar-refractivity contribution in [2.75, 3.05) is 46.4 Å². The zero-order chi connectivity index (χ0) is 18.4. The van der Waals surface area contributed by atoms with Crippen LogP contribution in [0.5, 0.6) is 6.01 Å². The molecule has 0 aromatic carbocycles. The van der Waals surface area contributed by atoms with Gasteiger partial charge >= 0.3 is 6.01 Å². The summed E-state index contributed by atoms with van der Waals surface area (Å²) < 4.78 is 10.9. The molecular formula is C18H28N4O4. The Morgan fingerprint density at radius 3 is 2.69 bits per heavy atom. The van der Waals surface area contributed by atoms with Gasteiger partial charge in [0.1, 0.15) is 6.10 Å². The molecular weight excluding hydrogens is 336 g/mol. The minimum atomic E-state index is -1.29. The van der Waals surface area contributed by atoms with Crippen LogP contribution in [0.2, 0.25) is 0 Å². The maximum Gasteiger partial charge on any atom is 0.316 e. The van der Waals surface area contributed by atoms with Crippen LogP contribution in [0.25, 0.3) is 0 Å². The molecule has 3 heterocycles. The SMILES string of the molecule is COCCN1CCC[C@@](O)(CN2CCC(Oc3ncccn3)CC2)C1=O. The van der Waals surface area contributed by atoms with Crippen LogP contribution >= 0.6 is 0 Å². The standard InChI is InChI=1S/C18H28N4O4/c1-25-13-12-22-9-2-6-18(24,16(22)23)14-21-10-4-15(5-11-21)26-17-19-7-3-8-20-17/h3,7-8,15,24H,2,4-6,9-14H2,1H3/t18-/m1/s1. The van der Waals surface area contributed by atoms with Crippen LogP contribution < -0.4 is 4.74 Å². The fourth-order valence-electron chi connectivity index (χ4n) is 3.68. The lowest BCUT2D eigenvalue weighted by atomic mass is 9.90. The summed E-state index contributed by atoms with van der Waals surface area (Å²) in [5.74, 6) is -0.170. The van der Waals surface area contributed by atoms with Crippen LogP contribution in [0.15, 0.2) is 18.5 Å². The summed E-state index contributed by atoms with van der Waals surface area (Å²) in [5.41, 5.74) is -1.29. The van der Waals surface area contributed by atoms with Gasteiger partial charge in [0.05, 0.1) is 6.61 Å². The summed E-state index contributed by atoms with van der Waals surface area (Å²) in [6.45, 7) is 3.66. The number of likely N-dealkylation sites (tertiary alicyclic amines) is 2. The molecule has 2 aliphatic rings. The van der Waals surface area contributed by atoms with Gasteiger partial charge in [-0.1, -0.05) is 0 Å². The Morgan fingerprint density at radius 1 is 1.27 bits per heavy atom. The first-order chi connectivity index (χ1) is 12.6. The van der Waals surface area contributed by atoms with Crippen LogP contribution in [-0.2, 0) is 9.53 Å². The maximum atomic E-state index is 12.7. The van der Waals surface area contributed by atoms with Crippen molar-refractivity contribution in [2.24, 2.45) is 0 Å². The monoisotopic (exact) mass is 364 g/mol. The van der Waals surface area contributed by atoms with Crippen molar-refractivity contribution in [3.05, 3.63) is 18.5 Å². The van der Waals surface area contributed by atoms with Gasteiger partial charge in [-0.05, 0) is 31.7 Å². The third-order valence-electron chi connectivity index (χ3n) is 5.10. The number of aromatic nitrogens is 2. The normalized spacial score (nSPS) is 25.5. The second kappa shape index (κ2) is 8.75. The van der Waals surface area contributed by atoms with Gasteiger partial charge in [-0.2, -0.15) is 0 Å². The van der Waals surface area contributed by atoms with Crippen LogP contribution in [0.4, 0.5) is 0 Å². The highest BCUT2D eigenvalue weighted by molar-refractivity contribution is 5.86. The lowest BCUT2D eigenvalue weighted by Gasteiger charge is -2.42. The van der Waals surface area contributed by atoms with Gasteiger partial charge in [0.25, 0.3) is 5.91 Å². The van der Waals surface area contributed by atoms with Gasteiger partial charge in [0.15, 0.2) is 5.60 Å². The molecule has 0 aliphatic carbocycles. The maximum absolute atomic E-state index is 12.7. The number of carbonyl (C=O) groups is 1. The quantitative estimate of drug-likeness (QED) is 0.745. The Labute approximate surface area is 154 Å². The number of hydrogen-bond acceptors (Lipinski definition) is 7. The topological polar surface area (TPSA) is 88.0 Å². The molecule has 144 valence electrons. The first-order valence-electron chi connectivity index (χ1n) is 9.27. The zero-order valence-corrected chi connectivity index (χ0v) is 15.3. The molecule has 1 amide bonds. The Balaban J connectivity index is 1.49. The third-order valence-corrected chi connectivity index (χ3v) is 5.10. The Morgan fingerprint density at radius 2 is 2.00 bits per heavy atom. The summed E-state index contributed by atoms with van der Waals surface area (Å²) in [4.78, 5) is 24.7. The molecule has 1 aromatic heterocycles. The number of ether oxygens (including phenoxy) is 2. The minimum absolute atomic E-state index is 0.0727. The molecule has 1 aromatic rings. The van der Waals surface area contributed by atoms with Crippen molar-refractivity contribution in [3.8, 4) is 6.01 Å². The first kappa shape index (κ1) is 19.0. The van der Waals surface area contributed by atoms with Gasteiger partial charge in [0, 0.05) is 52.2 Å². The summed E-state index contributed by atoms with van der Waals surface area (Å²) >= 11 is 0. The van der Waals surface area contributed by atoms with Crippen LogP contribution in [0.1, 0.15) is 25.7 Å². The first-order valence-corrected chi connectivity index (χ1v) is 9.27. The largest absolute Gasteiger partial charge is 0.460 e. The highest BCUT2D eigenvalue weighted by Crippen LogP contribution is 2.26. The minimum Gasteiger partial charge on any atom is -0.460 e. The molecule has 0 saturated carbocycles. The van der Waals surface area contributed by atoms with E-state index in [2.05, 4.69) is 14.9 Å². The van der Waals surface area contributed by atoms with E-state index in [4.69, 9.17) is 9.47 Å². The fraction of sp³-hybridized carbons (Fsp3) is 0.722. The molecule has 8 nitrogen and oxygen atoms in total. The Bertz CT molecular complexity index is 580. The van der Waals surface area contributed by atoms with Gasteiger partial charge in [-0.3, -0.25) is 9.69 Å². The molecule has 2 saturated heterocycles. The van der Waals surface area contributed by atoms with Crippen molar-refractivity contribution in [1.29, 1.82) is 0 Å². The number of methoxy groups -OCH3 is 1. The molecule has 0 spiro atoms. The third kappa shape index (κ3) is 4.69. The molecule has 0 radical (unpaired) electrons. The van der Waals surface area contributed by atoms with E-state index in [9.17, 15) is 9.90 Å². The number of aliphatic hydroxyl groups is 1. The fourth-order valence-corrected chi connectivity index (χ4v) is 3.68. The number of amides is 1. The number of hydrogen-bond donors (Lipinski definition) is 1. The predicted octanol–water partition coefficient (Wildman–Crippen LogP) is 0.320. The van der Waals surface area contributed by atoms with Gasteiger partial charge in [0.2, 0.25) is 0 Å².